The van der Waals surface area contributed by atoms with Crippen molar-refractivity contribution in [3.05, 3.63) is 17.8 Å². The van der Waals surface area contributed by atoms with E-state index < -0.39 is 0 Å². The molecule has 0 aliphatic carbocycles. The second-order valence-electron chi connectivity index (χ2n) is 2.27. The van der Waals surface area contributed by atoms with E-state index >= 15 is 0 Å². The summed E-state index contributed by atoms with van der Waals surface area (Å²) in [5, 5.41) is 14.5. The molecule has 0 atom stereocenters. The first-order chi connectivity index (χ1) is 5.72. The highest BCUT2D eigenvalue weighted by molar-refractivity contribution is 5.78. The zero-order valence-corrected chi connectivity index (χ0v) is 6.74. The van der Waals surface area contributed by atoms with E-state index in [4.69, 9.17) is 15.9 Å². The summed E-state index contributed by atoms with van der Waals surface area (Å²) in [6, 6.07) is 3.42. The number of ether oxygens (including phenoxy) is 1. The summed E-state index contributed by atoms with van der Waals surface area (Å²) in [5.41, 5.74) is 5.85. The fourth-order valence-corrected chi connectivity index (χ4v) is 0.746. The molecule has 5 heteroatoms. The second kappa shape index (κ2) is 3.66. The first-order valence-electron chi connectivity index (χ1n) is 3.42. The molecule has 5 nitrogen and oxygen atoms in total. The summed E-state index contributed by atoms with van der Waals surface area (Å²) in [7, 11) is 1.52. The largest absolute Gasteiger partial charge is 0.480 e. The van der Waals surface area contributed by atoms with Crippen molar-refractivity contribution in [2.75, 3.05) is 7.11 Å². The van der Waals surface area contributed by atoms with Gasteiger partial charge in [0.15, 0.2) is 0 Å². The third-order valence-electron chi connectivity index (χ3n) is 1.28. The lowest BCUT2D eigenvalue weighted by Gasteiger charge is -1.98. The third kappa shape index (κ3) is 2.19. The average molecular weight is 166 g/mol. The maximum atomic E-state index is 7.01. The lowest BCUT2D eigenvalue weighted by Crippen LogP contribution is -2.13. The quantitative estimate of drug-likeness (QED) is 0.487. The summed E-state index contributed by atoms with van der Waals surface area (Å²) in [6.07, 6.45) is 0.330. The molecule has 0 fully saturated rings. The lowest BCUT2D eigenvalue weighted by molar-refractivity contribution is 0.391. The summed E-state index contributed by atoms with van der Waals surface area (Å²) in [5.74, 6) is 0.539. The Balaban J connectivity index is 2.71. The minimum atomic E-state index is 0.0782. The lowest BCUT2D eigenvalue weighted by atomic mass is 10.3. The minimum Gasteiger partial charge on any atom is -0.480 e. The van der Waals surface area contributed by atoms with Crippen LogP contribution in [0.5, 0.6) is 5.88 Å². The van der Waals surface area contributed by atoms with Crippen molar-refractivity contribution in [1.29, 1.82) is 5.41 Å². The normalized spacial score (nSPS) is 9.42. The Hall–Kier alpha value is -1.65. The van der Waals surface area contributed by atoms with E-state index in [1.807, 2.05) is 0 Å². The van der Waals surface area contributed by atoms with Gasteiger partial charge in [-0.1, -0.05) is 0 Å². The van der Waals surface area contributed by atoms with Gasteiger partial charge in [0.1, 0.15) is 0 Å². The molecule has 1 rings (SSSR count). The van der Waals surface area contributed by atoms with Gasteiger partial charge in [-0.2, -0.15) is 5.10 Å². The molecule has 0 aromatic carbocycles. The number of hydrogen-bond donors (Lipinski definition) is 2. The zero-order valence-electron chi connectivity index (χ0n) is 6.74. The average Bonchev–Trinajstić information content (AvgIpc) is 2.05. The van der Waals surface area contributed by atoms with Crippen molar-refractivity contribution in [3.63, 3.8) is 0 Å². The van der Waals surface area contributed by atoms with Crippen LogP contribution in [0.25, 0.3) is 0 Å². The molecule has 12 heavy (non-hydrogen) atoms. The number of amidine groups is 1. The predicted octanol–water partition coefficient (Wildman–Crippen LogP) is -0.0363. The topological polar surface area (TPSA) is 84.9 Å². The summed E-state index contributed by atoms with van der Waals surface area (Å²) in [4.78, 5) is 0. The van der Waals surface area contributed by atoms with Crippen molar-refractivity contribution in [3.8, 4) is 5.88 Å². The molecule has 3 N–H and O–H groups in total. The van der Waals surface area contributed by atoms with Crippen molar-refractivity contribution < 1.29 is 4.74 Å². The molecular formula is C7H10N4O. The summed E-state index contributed by atoms with van der Waals surface area (Å²) >= 11 is 0. The van der Waals surface area contributed by atoms with Crippen LogP contribution in [-0.4, -0.2) is 23.1 Å². The Kier molecular flexibility index (Phi) is 2.57. The first-order valence-corrected chi connectivity index (χ1v) is 3.42. The van der Waals surface area contributed by atoms with E-state index in [1.54, 1.807) is 12.1 Å². The standard InChI is InChI=1S/C7H10N4O/c1-12-7-3-2-5(10-11-7)4-6(8)9/h2-3H,4H2,1H3,(H3,8,9). The SMILES string of the molecule is COc1ccc(CC(=N)N)nn1. The van der Waals surface area contributed by atoms with Gasteiger partial charge in [-0.3, -0.25) is 5.41 Å². The molecule has 0 unspecified atom stereocenters. The zero-order chi connectivity index (χ0) is 8.97. The van der Waals surface area contributed by atoms with Crippen LogP contribution in [0.4, 0.5) is 0 Å². The molecule has 1 aromatic rings. The number of rotatable bonds is 3. The van der Waals surface area contributed by atoms with E-state index in [0.717, 1.165) is 0 Å². The summed E-state index contributed by atoms with van der Waals surface area (Å²) < 4.78 is 4.82. The van der Waals surface area contributed by atoms with E-state index in [9.17, 15) is 0 Å². The van der Waals surface area contributed by atoms with Gasteiger partial charge >= 0.3 is 0 Å². The molecule has 1 heterocycles. The fourth-order valence-electron chi connectivity index (χ4n) is 0.746. The molecule has 0 spiro atoms. The second-order valence-corrected chi connectivity index (χ2v) is 2.27. The van der Waals surface area contributed by atoms with E-state index in [-0.39, 0.29) is 5.84 Å². The van der Waals surface area contributed by atoms with Crippen molar-refractivity contribution in [2.24, 2.45) is 5.73 Å². The fraction of sp³-hybridized carbons (Fsp3) is 0.286. The first kappa shape index (κ1) is 8.45. The van der Waals surface area contributed by atoms with Crippen LogP contribution in [0.1, 0.15) is 5.69 Å². The highest BCUT2D eigenvalue weighted by Crippen LogP contribution is 2.03. The molecule has 0 saturated heterocycles. The predicted molar refractivity (Wildman–Crippen MR) is 44.2 cm³/mol. The van der Waals surface area contributed by atoms with Crippen LogP contribution >= 0.6 is 0 Å². The maximum absolute atomic E-state index is 7.01. The minimum absolute atomic E-state index is 0.0782. The Morgan fingerprint density at radius 2 is 2.33 bits per heavy atom. The molecule has 1 aromatic heterocycles. The number of aromatic nitrogens is 2. The van der Waals surface area contributed by atoms with Crippen molar-refractivity contribution in [1.82, 2.24) is 10.2 Å². The third-order valence-corrected chi connectivity index (χ3v) is 1.28. The smallest absolute Gasteiger partial charge is 0.233 e. The van der Waals surface area contributed by atoms with Gasteiger partial charge in [0.25, 0.3) is 0 Å². The summed E-state index contributed by atoms with van der Waals surface area (Å²) in [6.45, 7) is 0. The molecule has 0 saturated carbocycles. The highest BCUT2D eigenvalue weighted by atomic mass is 16.5. The van der Waals surface area contributed by atoms with Crippen LogP contribution < -0.4 is 10.5 Å². The van der Waals surface area contributed by atoms with Crippen LogP contribution in [0, 0.1) is 5.41 Å². The van der Waals surface area contributed by atoms with E-state index in [2.05, 4.69) is 10.2 Å². The van der Waals surface area contributed by atoms with Crippen molar-refractivity contribution in [2.45, 2.75) is 6.42 Å². The molecule has 0 radical (unpaired) electrons. The van der Waals surface area contributed by atoms with Crippen LogP contribution in [0.2, 0.25) is 0 Å². The van der Waals surface area contributed by atoms with Gasteiger partial charge in [0.2, 0.25) is 5.88 Å². The molecule has 0 aliphatic rings. The Bertz CT molecular complexity index is 269. The van der Waals surface area contributed by atoms with Gasteiger partial charge in [0.05, 0.1) is 18.6 Å². The van der Waals surface area contributed by atoms with Crippen LogP contribution in [0.15, 0.2) is 12.1 Å². The Morgan fingerprint density at radius 3 is 2.75 bits per heavy atom. The van der Waals surface area contributed by atoms with Gasteiger partial charge in [-0.25, -0.2) is 0 Å². The van der Waals surface area contributed by atoms with Crippen LogP contribution in [0.3, 0.4) is 0 Å². The molecule has 0 bridgehead atoms. The van der Waals surface area contributed by atoms with Gasteiger partial charge in [-0.15, -0.1) is 5.10 Å². The number of methoxy groups -OCH3 is 1. The van der Waals surface area contributed by atoms with Crippen LogP contribution in [-0.2, 0) is 6.42 Å². The van der Waals surface area contributed by atoms with E-state index in [0.29, 0.717) is 18.0 Å². The number of nitrogens with zero attached hydrogens (tertiary/aromatic N) is 2. The number of hydrogen-bond acceptors (Lipinski definition) is 4. The number of nitrogens with one attached hydrogen (secondary N) is 1. The molecule has 0 aliphatic heterocycles. The Morgan fingerprint density at radius 1 is 1.58 bits per heavy atom. The maximum Gasteiger partial charge on any atom is 0.233 e. The van der Waals surface area contributed by atoms with Crippen molar-refractivity contribution >= 4 is 5.84 Å². The molecule has 64 valence electrons. The number of nitrogens with two attached hydrogens (primary N) is 1. The van der Waals surface area contributed by atoms with Gasteiger partial charge in [-0.05, 0) is 6.07 Å². The molecular weight excluding hydrogens is 156 g/mol. The van der Waals surface area contributed by atoms with E-state index in [1.165, 1.54) is 7.11 Å². The van der Waals surface area contributed by atoms with Gasteiger partial charge in [0, 0.05) is 12.5 Å². The molecule has 0 amide bonds. The van der Waals surface area contributed by atoms with Gasteiger partial charge < -0.3 is 10.5 Å². The Labute approximate surface area is 70.1 Å². The highest BCUT2D eigenvalue weighted by Gasteiger charge is 1.98. The monoisotopic (exact) mass is 166 g/mol.